The smallest absolute Gasteiger partial charge is 0.166 e. The van der Waals surface area contributed by atoms with Crippen LogP contribution >= 0.6 is 15.9 Å². The molecule has 2 rings (SSSR count). The van der Waals surface area contributed by atoms with Gasteiger partial charge in [-0.15, -0.1) is 0 Å². The van der Waals surface area contributed by atoms with E-state index in [1.807, 2.05) is 0 Å². The highest BCUT2D eigenvalue weighted by Crippen LogP contribution is 2.22. The molecule has 1 aromatic carbocycles. The lowest BCUT2D eigenvalue weighted by atomic mass is 9.97. The number of nitrogens with one attached hydrogen (secondary N) is 1. The van der Waals surface area contributed by atoms with Crippen LogP contribution in [0.5, 0.6) is 5.75 Å². The fourth-order valence-electron chi connectivity index (χ4n) is 2.10. The summed E-state index contributed by atoms with van der Waals surface area (Å²) in [5, 5.41) is 3.37. The molecule has 0 radical (unpaired) electrons. The van der Waals surface area contributed by atoms with Crippen molar-refractivity contribution < 1.29 is 9.13 Å². The van der Waals surface area contributed by atoms with Crippen LogP contribution < -0.4 is 10.1 Å². The third-order valence-corrected chi connectivity index (χ3v) is 3.57. The molecule has 0 aliphatic carbocycles. The van der Waals surface area contributed by atoms with E-state index in [2.05, 4.69) is 21.2 Å². The van der Waals surface area contributed by atoms with Gasteiger partial charge in [-0.05, 0) is 56.5 Å². The minimum atomic E-state index is -0.304. The molecule has 0 bridgehead atoms. The van der Waals surface area contributed by atoms with E-state index in [1.54, 1.807) is 12.1 Å². The Hall–Kier alpha value is -0.610. The quantitative estimate of drug-likeness (QED) is 0.921. The average molecular weight is 302 g/mol. The Kier molecular flexibility index (Phi) is 4.80. The molecule has 2 nitrogen and oxygen atoms in total. The van der Waals surface area contributed by atoms with Crippen molar-refractivity contribution in [2.24, 2.45) is 5.92 Å². The Morgan fingerprint density at radius 3 is 3.06 bits per heavy atom. The Bertz CT molecular complexity index is 366. The van der Waals surface area contributed by atoms with E-state index in [1.165, 1.54) is 18.9 Å². The van der Waals surface area contributed by atoms with Gasteiger partial charge in [0.1, 0.15) is 0 Å². The number of hydrogen-bond donors (Lipinski definition) is 1. The third-order valence-electron chi connectivity index (χ3n) is 3.08. The zero-order chi connectivity index (χ0) is 12.1. The van der Waals surface area contributed by atoms with Crippen LogP contribution in [0, 0.1) is 11.7 Å². The van der Waals surface area contributed by atoms with Crippen molar-refractivity contribution in [2.75, 3.05) is 19.7 Å². The Labute approximate surface area is 110 Å². The van der Waals surface area contributed by atoms with Crippen molar-refractivity contribution in [3.8, 4) is 5.75 Å². The average Bonchev–Trinajstić information content (AvgIpc) is 2.33. The highest BCUT2D eigenvalue weighted by Gasteiger charge is 2.13. The maximum Gasteiger partial charge on any atom is 0.166 e. The van der Waals surface area contributed by atoms with Gasteiger partial charge in [0.15, 0.2) is 11.6 Å². The van der Waals surface area contributed by atoms with Crippen LogP contribution in [0.3, 0.4) is 0 Å². The zero-order valence-electron chi connectivity index (χ0n) is 9.72. The summed E-state index contributed by atoms with van der Waals surface area (Å²) in [7, 11) is 0. The number of rotatable bonds is 4. The van der Waals surface area contributed by atoms with Crippen molar-refractivity contribution in [3.63, 3.8) is 0 Å². The van der Waals surface area contributed by atoms with E-state index in [-0.39, 0.29) is 5.82 Å². The summed E-state index contributed by atoms with van der Waals surface area (Å²) in [6, 6.07) is 4.89. The highest BCUT2D eigenvalue weighted by molar-refractivity contribution is 9.10. The van der Waals surface area contributed by atoms with E-state index in [0.29, 0.717) is 18.3 Å². The van der Waals surface area contributed by atoms with Crippen LogP contribution in [0.1, 0.15) is 19.3 Å². The molecule has 0 unspecified atom stereocenters. The van der Waals surface area contributed by atoms with E-state index < -0.39 is 0 Å². The lowest BCUT2D eigenvalue weighted by Gasteiger charge is -2.22. The number of piperidine rings is 1. The molecular formula is C13H17BrFNO. The first-order valence-electron chi connectivity index (χ1n) is 6.04. The molecule has 0 aromatic heterocycles. The van der Waals surface area contributed by atoms with Crippen LogP contribution in [0.2, 0.25) is 0 Å². The van der Waals surface area contributed by atoms with Gasteiger partial charge in [0.2, 0.25) is 0 Å². The minimum absolute atomic E-state index is 0.304. The molecule has 1 aliphatic rings. The molecule has 0 spiro atoms. The summed E-state index contributed by atoms with van der Waals surface area (Å²) in [4.78, 5) is 0. The van der Waals surface area contributed by atoms with Crippen LogP contribution in [-0.4, -0.2) is 19.7 Å². The Balaban J connectivity index is 1.77. The van der Waals surface area contributed by atoms with Gasteiger partial charge < -0.3 is 10.1 Å². The molecule has 1 fully saturated rings. The van der Waals surface area contributed by atoms with Gasteiger partial charge in [-0.2, -0.15) is 0 Å². The van der Waals surface area contributed by atoms with Crippen molar-refractivity contribution in [3.05, 3.63) is 28.5 Å². The van der Waals surface area contributed by atoms with Crippen LogP contribution in [0.25, 0.3) is 0 Å². The lowest BCUT2D eigenvalue weighted by Crippen LogP contribution is -2.30. The molecule has 0 saturated carbocycles. The normalized spacial score (nSPS) is 20.2. The maximum absolute atomic E-state index is 13.4. The Morgan fingerprint density at radius 2 is 2.35 bits per heavy atom. The van der Waals surface area contributed by atoms with Gasteiger partial charge in [-0.25, -0.2) is 4.39 Å². The molecule has 94 valence electrons. The number of halogens is 2. The molecule has 1 N–H and O–H groups in total. The molecule has 1 aliphatic heterocycles. The van der Waals surface area contributed by atoms with Gasteiger partial charge in [0.25, 0.3) is 0 Å². The fourth-order valence-corrected chi connectivity index (χ4v) is 2.43. The van der Waals surface area contributed by atoms with Gasteiger partial charge in [0.05, 0.1) is 6.61 Å². The first-order valence-corrected chi connectivity index (χ1v) is 6.83. The summed E-state index contributed by atoms with van der Waals surface area (Å²) in [6.45, 7) is 2.77. The van der Waals surface area contributed by atoms with Gasteiger partial charge in [-0.3, -0.25) is 0 Å². The summed E-state index contributed by atoms with van der Waals surface area (Å²) in [5.74, 6) is 0.709. The summed E-state index contributed by atoms with van der Waals surface area (Å²) < 4.78 is 19.7. The lowest BCUT2D eigenvalue weighted by molar-refractivity contribution is 0.246. The minimum Gasteiger partial charge on any atom is -0.491 e. The monoisotopic (exact) mass is 301 g/mol. The zero-order valence-corrected chi connectivity index (χ0v) is 11.3. The number of hydrogen-bond acceptors (Lipinski definition) is 2. The predicted octanol–water partition coefficient (Wildman–Crippen LogP) is 3.36. The summed E-state index contributed by atoms with van der Waals surface area (Å²) in [5.41, 5.74) is 0. The van der Waals surface area contributed by atoms with Crippen molar-refractivity contribution >= 4 is 15.9 Å². The van der Waals surface area contributed by atoms with Crippen molar-refractivity contribution in [2.45, 2.75) is 19.3 Å². The molecular weight excluding hydrogens is 285 g/mol. The fraction of sp³-hybridized carbons (Fsp3) is 0.538. The number of benzene rings is 1. The van der Waals surface area contributed by atoms with Crippen molar-refractivity contribution in [1.82, 2.24) is 5.32 Å². The Morgan fingerprint density at radius 1 is 1.47 bits per heavy atom. The molecule has 1 aromatic rings. The summed E-state index contributed by atoms with van der Waals surface area (Å²) >= 11 is 3.22. The molecule has 1 heterocycles. The summed E-state index contributed by atoms with van der Waals surface area (Å²) in [6.07, 6.45) is 3.47. The predicted molar refractivity (Wildman–Crippen MR) is 69.8 cm³/mol. The first-order chi connectivity index (χ1) is 8.25. The molecule has 4 heteroatoms. The molecule has 1 saturated heterocycles. The van der Waals surface area contributed by atoms with E-state index >= 15 is 0 Å². The van der Waals surface area contributed by atoms with Crippen LogP contribution in [-0.2, 0) is 0 Å². The van der Waals surface area contributed by atoms with Gasteiger partial charge in [-0.1, -0.05) is 15.9 Å². The standard InChI is InChI=1S/C13H17BrFNO/c14-11-3-4-13(12(15)8-11)17-7-5-10-2-1-6-16-9-10/h3-4,8,10,16H,1-2,5-7,9H2/t10-/m0/s1. The molecule has 17 heavy (non-hydrogen) atoms. The van der Waals surface area contributed by atoms with Gasteiger partial charge >= 0.3 is 0 Å². The molecule has 1 atom stereocenters. The van der Waals surface area contributed by atoms with E-state index in [4.69, 9.17) is 4.74 Å². The maximum atomic E-state index is 13.4. The number of ether oxygens (including phenoxy) is 1. The van der Waals surface area contributed by atoms with Crippen LogP contribution in [0.4, 0.5) is 4.39 Å². The third kappa shape index (κ3) is 3.96. The highest BCUT2D eigenvalue weighted by atomic mass is 79.9. The topological polar surface area (TPSA) is 21.3 Å². The molecule has 0 amide bonds. The second-order valence-corrected chi connectivity index (χ2v) is 5.34. The second kappa shape index (κ2) is 6.36. The SMILES string of the molecule is Fc1cc(Br)ccc1OCC[C@@H]1CCCNC1. The van der Waals surface area contributed by atoms with Crippen LogP contribution in [0.15, 0.2) is 22.7 Å². The largest absolute Gasteiger partial charge is 0.491 e. The first kappa shape index (κ1) is 12.8. The van der Waals surface area contributed by atoms with E-state index in [9.17, 15) is 4.39 Å². The van der Waals surface area contributed by atoms with Gasteiger partial charge in [0, 0.05) is 4.47 Å². The second-order valence-electron chi connectivity index (χ2n) is 4.42. The van der Waals surface area contributed by atoms with E-state index in [0.717, 1.165) is 24.0 Å². The van der Waals surface area contributed by atoms with Crippen molar-refractivity contribution in [1.29, 1.82) is 0 Å².